The molecule has 0 saturated carbocycles. The molecule has 1 atom stereocenters. The molecule has 7 heteroatoms. The van der Waals surface area contributed by atoms with Gasteiger partial charge in [-0.1, -0.05) is 5.10 Å². The predicted molar refractivity (Wildman–Crippen MR) is 70.4 cm³/mol. The molecule has 1 unspecified atom stereocenters. The summed E-state index contributed by atoms with van der Waals surface area (Å²) in [4.78, 5) is 13.8. The van der Waals surface area contributed by atoms with Gasteiger partial charge in [0, 0.05) is 26.1 Å². The summed E-state index contributed by atoms with van der Waals surface area (Å²) in [6.07, 6.45) is 3.89. The summed E-state index contributed by atoms with van der Waals surface area (Å²) in [5.41, 5.74) is 5.62. The number of aromatic nitrogens is 2. The maximum Gasteiger partial charge on any atom is 0.315 e. The molecule has 0 bridgehead atoms. The molecule has 0 radical (unpaired) electrons. The first kappa shape index (κ1) is 13.8. The Bertz CT molecular complexity index is 412. The molecule has 3 N–H and O–H groups in total. The smallest absolute Gasteiger partial charge is 0.315 e. The second-order valence-corrected chi connectivity index (χ2v) is 4.85. The zero-order valence-electron chi connectivity index (χ0n) is 11.3. The maximum atomic E-state index is 11.9. The third-order valence-corrected chi connectivity index (χ3v) is 3.15. The van der Waals surface area contributed by atoms with E-state index in [-0.39, 0.29) is 11.9 Å². The van der Waals surface area contributed by atoms with Crippen LogP contribution in [0.25, 0.3) is 0 Å². The fraction of sp³-hybridized carbons (Fsp3) is 0.750. The molecule has 0 spiro atoms. The molecule has 1 aliphatic heterocycles. The molecular formula is C12H21N5O2. The van der Waals surface area contributed by atoms with E-state index in [2.05, 4.69) is 15.5 Å². The topological polar surface area (TPSA) is 97.3 Å². The zero-order chi connectivity index (χ0) is 13.7. The maximum absolute atomic E-state index is 11.9. The van der Waals surface area contributed by atoms with E-state index in [1.54, 1.807) is 6.92 Å². The number of piperidine rings is 1. The monoisotopic (exact) mass is 267 g/mol. The minimum atomic E-state index is -0.280. The summed E-state index contributed by atoms with van der Waals surface area (Å²) < 4.78 is 5.29. The molecule has 2 heterocycles. The number of hydrogen-bond donors (Lipinski definition) is 2. The molecule has 2 rings (SSSR count). The summed E-state index contributed by atoms with van der Waals surface area (Å²) in [5, 5.41) is 10.6. The van der Waals surface area contributed by atoms with E-state index < -0.39 is 0 Å². The first-order valence-electron chi connectivity index (χ1n) is 6.77. The Morgan fingerprint density at radius 1 is 1.42 bits per heavy atom. The van der Waals surface area contributed by atoms with Gasteiger partial charge in [0.25, 0.3) is 0 Å². The van der Waals surface area contributed by atoms with E-state index in [4.69, 9.17) is 10.2 Å². The highest BCUT2D eigenvalue weighted by Gasteiger charge is 2.16. The van der Waals surface area contributed by atoms with Crippen LogP contribution in [0.4, 0.5) is 6.01 Å². The van der Waals surface area contributed by atoms with Crippen molar-refractivity contribution in [1.82, 2.24) is 15.1 Å². The molecule has 1 fully saturated rings. The number of carbonyl (C=O) groups excluding carboxylic acids is 1. The highest BCUT2D eigenvalue weighted by molar-refractivity contribution is 5.76. The first-order valence-corrected chi connectivity index (χ1v) is 6.77. The van der Waals surface area contributed by atoms with E-state index in [0.717, 1.165) is 25.9 Å². The molecule has 0 aromatic carbocycles. The molecule has 1 saturated heterocycles. The number of carbonyl (C=O) groups is 1. The first-order chi connectivity index (χ1) is 9.16. The highest BCUT2D eigenvalue weighted by Crippen LogP contribution is 2.12. The SMILES string of the molecule is CC(N)c1nnc(NCCC(=O)N2CCCCC2)o1. The van der Waals surface area contributed by atoms with Gasteiger partial charge in [-0.05, 0) is 26.2 Å². The highest BCUT2D eigenvalue weighted by atomic mass is 16.4. The van der Waals surface area contributed by atoms with Gasteiger partial charge in [0.15, 0.2) is 0 Å². The molecule has 19 heavy (non-hydrogen) atoms. The Morgan fingerprint density at radius 3 is 2.79 bits per heavy atom. The van der Waals surface area contributed by atoms with Crippen molar-refractivity contribution in [2.45, 2.75) is 38.6 Å². The van der Waals surface area contributed by atoms with Gasteiger partial charge >= 0.3 is 6.01 Å². The molecule has 1 aliphatic rings. The summed E-state index contributed by atoms with van der Waals surface area (Å²) in [6.45, 7) is 4.04. The average Bonchev–Trinajstić information content (AvgIpc) is 2.89. The third-order valence-electron chi connectivity index (χ3n) is 3.15. The van der Waals surface area contributed by atoms with Gasteiger partial charge in [-0.25, -0.2) is 0 Å². The lowest BCUT2D eigenvalue weighted by Crippen LogP contribution is -2.36. The fourth-order valence-electron chi connectivity index (χ4n) is 2.07. The van der Waals surface area contributed by atoms with Gasteiger partial charge < -0.3 is 20.4 Å². The largest absolute Gasteiger partial charge is 0.406 e. The van der Waals surface area contributed by atoms with Crippen LogP contribution in [0, 0.1) is 0 Å². The van der Waals surface area contributed by atoms with Crippen LogP contribution in [-0.4, -0.2) is 40.6 Å². The molecule has 1 aromatic heterocycles. The van der Waals surface area contributed by atoms with Crippen LogP contribution in [0.2, 0.25) is 0 Å². The Labute approximate surface area is 112 Å². The summed E-state index contributed by atoms with van der Waals surface area (Å²) >= 11 is 0. The van der Waals surface area contributed by atoms with Crippen LogP contribution >= 0.6 is 0 Å². The minimum absolute atomic E-state index is 0.180. The van der Waals surface area contributed by atoms with Crippen molar-refractivity contribution in [1.29, 1.82) is 0 Å². The summed E-state index contributed by atoms with van der Waals surface area (Å²) in [5.74, 6) is 0.573. The average molecular weight is 267 g/mol. The molecule has 0 aliphatic carbocycles. The van der Waals surface area contributed by atoms with Crippen LogP contribution in [0.1, 0.15) is 44.5 Å². The Balaban J connectivity index is 1.71. The van der Waals surface area contributed by atoms with Crippen LogP contribution in [0.3, 0.4) is 0 Å². The number of nitrogens with zero attached hydrogens (tertiary/aromatic N) is 3. The minimum Gasteiger partial charge on any atom is -0.406 e. The van der Waals surface area contributed by atoms with E-state index in [1.807, 2.05) is 4.90 Å². The van der Waals surface area contributed by atoms with Crippen LogP contribution in [-0.2, 0) is 4.79 Å². The standard InChI is InChI=1S/C12H21N5O2/c1-9(13)11-15-16-12(19-11)14-6-5-10(18)17-7-3-2-4-8-17/h9H,2-8,13H2,1H3,(H,14,16). The number of amides is 1. The van der Waals surface area contributed by atoms with E-state index in [9.17, 15) is 4.79 Å². The third kappa shape index (κ3) is 3.92. The summed E-state index contributed by atoms with van der Waals surface area (Å²) in [7, 11) is 0. The van der Waals surface area contributed by atoms with Crippen molar-refractivity contribution in [2.75, 3.05) is 25.0 Å². The number of rotatable bonds is 5. The quantitative estimate of drug-likeness (QED) is 0.822. The summed E-state index contributed by atoms with van der Waals surface area (Å²) in [6, 6.07) is 0.0387. The Morgan fingerprint density at radius 2 is 2.16 bits per heavy atom. The zero-order valence-corrected chi connectivity index (χ0v) is 11.3. The lowest BCUT2D eigenvalue weighted by atomic mass is 10.1. The van der Waals surface area contributed by atoms with E-state index >= 15 is 0 Å². The van der Waals surface area contributed by atoms with Gasteiger partial charge in [0.2, 0.25) is 11.8 Å². The van der Waals surface area contributed by atoms with Gasteiger partial charge in [0.05, 0.1) is 6.04 Å². The lowest BCUT2D eigenvalue weighted by Gasteiger charge is -2.26. The number of hydrogen-bond acceptors (Lipinski definition) is 6. The van der Waals surface area contributed by atoms with E-state index in [0.29, 0.717) is 24.9 Å². The molecule has 7 nitrogen and oxygen atoms in total. The lowest BCUT2D eigenvalue weighted by molar-refractivity contribution is -0.131. The Hall–Kier alpha value is -1.63. The van der Waals surface area contributed by atoms with Crippen LogP contribution in [0.5, 0.6) is 0 Å². The second-order valence-electron chi connectivity index (χ2n) is 4.85. The van der Waals surface area contributed by atoms with Crippen molar-refractivity contribution >= 4 is 11.9 Å². The Kier molecular flexibility index (Phi) is 4.73. The number of nitrogens with two attached hydrogens (primary N) is 1. The predicted octanol–water partition coefficient (Wildman–Crippen LogP) is 0.904. The molecule has 1 aromatic rings. The van der Waals surface area contributed by atoms with Crippen LogP contribution in [0.15, 0.2) is 4.42 Å². The normalized spacial score (nSPS) is 17.3. The van der Waals surface area contributed by atoms with Gasteiger partial charge in [-0.15, -0.1) is 5.10 Å². The van der Waals surface area contributed by atoms with Crippen molar-refractivity contribution in [3.8, 4) is 0 Å². The van der Waals surface area contributed by atoms with Gasteiger partial charge in [-0.3, -0.25) is 4.79 Å². The van der Waals surface area contributed by atoms with E-state index in [1.165, 1.54) is 6.42 Å². The fourth-order valence-corrected chi connectivity index (χ4v) is 2.07. The number of nitrogens with one attached hydrogen (secondary N) is 1. The number of likely N-dealkylation sites (tertiary alicyclic amines) is 1. The molecular weight excluding hydrogens is 246 g/mol. The van der Waals surface area contributed by atoms with Crippen LogP contribution < -0.4 is 11.1 Å². The second kappa shape index (κ2) is 6.51. The molecule has 106 valence electrons. The van der Waals surface area contributed by atoms with Crippen molar-refractivity contribution < 1.29 is 9.21 Å². The van der Waals surface area contributed by atoms with Gasteiger partial charge in [-0.2, -0.15) is 0 Å². The van der Waals surface area contributed by atoms with Crippen molar-refractivity contribution in [2.24, 2.45) is 5.73 Å². The van der Waals surface area contributed by atoms with Crippen molar-refractivity contribution in [3.05, 3.63) is 5.89 Å². The number of anilines is 1. The van der Waals surface area contributed by atoms with Gasteiger partial charge in [0.1, 0.15) is 0 Å². The molecule has 1 amide bonds. The van der Waals surface area contributed by atoms with Crippen molar-refractivity contribution in [3.63, 3.8) is 0 Å².